The van der Waals surface area contributed by atoms with E-state index in [2.05, 4.69) is 4.98 Å². The molecule has 0 fully saturated rings. The van der Waals surface area contributed by atoms with E-state index in [0.29, 0.717) is 3.97 Å². The summed E-state index contributed by atoms with van der Waals surface area (Å²) in [6, 6.07) is 4.68. The van der Waals surface area contributed by atoms with E-state index in [1.807, 2.05) is 0 Å². The summed E-state index contributed by atoms with van der Waals surface area (Å²) >= 11 is 0. The molecule has 1 amide bonds. The molecule has 0 aliphatic carbocycles. The molecule has 0 N–H and O–H groups in total. The number of hydrogen-bond donors (Lipinski definition) is 0. The maximum Gasteiger partial charge on any atom is 0.410 e. The fourth-order valence-electron chi connectivity index (χ4n) is 3.02. The molecular formula is C22H23F2N3O6S. The second-order valence-corrected chi connectivity index (χ2v) is 10.2. The van der Waals surface area contributed by atoms with Crippen LogP contribution in [0, 0.1) is 11.8 Å². The minimum atomic E-state index is -4.61. The van der Waals surface area contributed by atoms with E-state index in [9.17, 15) is 22.4 Å². The van der Waals surface area contributed by atoms with Gasteiger partial charge in [0, 0.05) is 31.9 Å². The number of pyridine rings is 1. The molecule has 0 atom stereocenters. The second kappa shape index (κ2) is 9.01. The summed E-state index contributed by atoms with van der Waals surface area (Å²) in [7, 11) is -3.26. The van der Waals surface area contributed by atoms with Gasteiger partial charge in [-0.15, -0.1) is 0 Å². The molecule has 0 spiro atoms. The summed E-state index contributed by atoms with van der Waals surface area (Å²) in [5.41, 5.74) is -2.10. The average molecular weight is 496 g/mol. The lowest BCUT2D eigenvalue weighted by atomic mass is 10.1. The number of halogens is 2. The van der Waals surface area contributed by atoms with Crippen LogP contribution in [0.1, 0.15) is 43.8 Å². The van der Waals surface area contributed by atoms with Gasteiger partial charge in [-0.2, -0.15) is 12.8 Å². The zero-order valence-corrected chi connectivity index (χ0v) is 19.9. The molecule has 12 heteroatoms. The number of carbonyl (C=O) groups is 2. The highest BCUT2D eigenvalue weighted by Crippen LogP contribution is 2.33. The highest BCUT2D eigenvalue weighted by molar-refractivity contribution is 7.89. The van der Waals surface area contributed by atoms with Gasteiger partial charge in [-0.3, -0.25) is 4.79 Å². The van der Waals surface area contributed by atoms with Crippen LogP contribution in [0.25, 0.3) is 11.3 Å². The number of ether oxygens (including phenoxy) is 1. The smallest absolute Gasteiger partial charge is 0.410 e. The van der Waals surface area contributed by atoms with Crippen LogP contribution >= 0.6 is 0 Å². The summed E-state index contributed by atoms with van der Waals surface area (Å²) in [5.74, 6) is -2.92. The second-order valence-electron chi connectivity index (χ2n) is 8.47. The summed E-state index contributed by atoms with van der Waals surface area (Å²) in [4.78, 5) is 28.4. The van der Waals surface area contributed by atoms with Gasteiger partial charge in [0.25, 0.3) is 0 Å². The minimum Gasteiger partial charge on any atom is -0.444 e. The first kappa shape index (κ1) is 25.1. The maximum absolute atomic E-state index is 15.6. The molecule has 3 aromatic rings. The highest BCUT2D eigenvalue weighted by atomic mass is 32.2. The minimum absolute atomic E-state index is 0.217. The number of amides is 1. The van der Waals surface area contributed by atoms with Gasteiger partial charge < -0.3 is 14.1 Å². The number of ketones is 1. The first-order valence-electron chi connectivity index (χ1n) is 10.0. The lowest BCUT2D eigenvalue weighted by Gasteiger charge is -2.24. The quantitative estimate of drug-likeness (QED) is 0.372. The lowest BCUT2D eigenvalue weighted by Crippen LogP contribution is -2.33. The van der Waals surface area contributed by atoms with Gasteiger partial charge in [-0.1, -0.05) is 0 Å². The molecule has 0 aliphatic heterocycles. The number of rotatable bonds is 6. The van der Waals surface area contributed by atoms with E-state index < -0.39 is 55.6 Å². The Kier molecular flexibility index (Phi) is 6.65. The fourth-order valence-corrected chi connectivity index (χ4v) is 4.33. The molecule has 0 saturated heterocycles. The van der Waals surface area contributed by atoms with E-state index in [1.165, 1.54) is 20.0 Å². The zero-order valence-electron chi connectivity index (χ0n) is 19.1. The Balaban J connectivity index is 2.14. The summed E-state index contributed by atoms with van der Waals surface area (Å²) in [5, 5.41) is -0.648. The molecule has 0 radical (unpaired) electrons. The Bertz CT molecular complexity index is 1360. The molecule has 3 rings (SSSR count). The Morgan fingerprint density at radius 3 is 2.44 bits per heavy atom. The summed E-state index contributed by atoms with van der Waals surface area (Å²) in [6.45, 7) is 5.78. The van der Waals surface area contributed by atoms with Gasteiger partial charge in [-0.05, 0) is 45.0 Å². The molecule has 0 saturated carbocycles. The van der Waals surface area contributed by atoms with Crippen LogP contribution in [0.4, 0.5) is 13.6 Å². The fraction of sp³-hybridized carbons (Fsp3) is 0.318. The van der Waals surface area contributed by atoms with Crippen LogP contribution in [0.15, 0.2) is 46.2 Å². The normalized spacial score (nSPS) is 12.0. The SMILES string of the molecule is CC(=O)c1ccc(S(=O)(=O)n2cc(CN(C)C(=O)OC(C)(C)C)c(F)c2-c2cccnc2F)o1. The molecular weight excluding hydrogens is 472 g/mol. The van der Waals surface area contributed by atoms with Crippen molar-refractivity contribution in [2.45, 2.75) is 44.9 Å². The van der Waals surface area contributed by atoms with E-state index in [1.54, 1.807) is 20.8 Å². The topological polar surface area (TPSA) is 112 Å². The lowest BCUT2D eigenvalue weighted by molar-refractivity contribution is 0.0284. The molecule has 0 bridgehead atoms. The predicted molar refractivity (Wildman–Crippen MR) is 117 cm³/mol. The van der Waals surface area contributed by atoms with Gasteiger partial charge in [0.15, 0.2) is 17.4 Å². The Labute approximate surface area is 195 Å². The number of nitrogens with zero attached hydrogens (tertiary/aromatic N) is 3. The predicted octanol–water partition coefficient (Wildman–Crippen LogP) is 4.23. The molecule has 0 aliphatic rings. The first-order valence-corrected chi connectivity index (χ1v) is 11.5. The molecule has 0 aromatic carbocycles. The van der Waals surface area contributed by atoms with Crippen molar-refractivity contribution in [1.29, 1.82) is 0 Å². The number of furan rings is 1. The van der Waals surface area contributed by atoms with E-state index in [-0.39, 0.29) is 17.9 Å². The molecule has 182 valence electrons. The van der Waals surface area contributed by atoms with Crippen LogP contribution in [0.5, 0.6) is 0 Å². The Morgan fingerprint density at radius 1 is 1.21 bits per heavy atom. The van der Waals surface area contributed by atoms with Crippen molar-refractivity contribution in [2.75, 3.05) is 7.05 Å². The van der Waals surface area contributed by atoms with Gasteiger partial charge in [0.2, 0.25) is 11.0 Å². The third-order valence-corrected chi connectivity index (χ3v) is 6.09. The molecule has 0 unspecified atom stereocenters. The molecule has 3 heterocycles. The van der Waals surface area contributed by atoms with Gasteiger partial charge >= 0.3 is 16.1 Å². The zero-order chi connectivity index (χ0) is 25.4. The summed E-state index contributed by atoms with van der Waals surface area (Å²) in [6.07, 6.45) is 1.28. The van der Waals surface area contributed by atoms with E-state index >= 15 is 4.39 Å². The van der Waals surface area contributed by atoms with Gasteiger partial charge in [0.1, 0.15) is 11.3 Å². The highest BCUT2D eigenvalue weighted by Gasteiger charge is 2.32. The largest absolute Gasteiger partial charge is 0.444 e. The Hall–Kier alpha value is -3.54. The molecule has 9 nitrogen and oxygen atoms in total. The number of carbonyl (C=O) groups excluding carboxylic acids is 2. The third-order valence-electron chi connectivity index (χ3n) is 4.55. The van der Waals surface area contributed by atoms with Crippen molar-refractivity contribution in [1.82, 2.24) is 13.9 Å². The molecule has 34 heavy (non-hydrogen) atoms. The maximum atomic E-state index is 15.6. The monoisotopic (exact) mass is 495 g/mol. The molecule has 3 aromatic heterocycles. The van der Waals surface area contributed by atoms with Crippen molar-refractivity contribution in [2.24, 2.45) is 0 Å². The Morgan fingerprint density at radius 2 is 1.88 bits per heavy atom. The van der Waals surface area contributed by atoms with Crippen LogP contribution in [-0.2, 0) is 21.3 Å². The average Bonchev–Trinajstić information content (AvgIpc) is 3.34. The summed E-state index contributed by atoms with van der Waals surface area (Å²) < 4.78 is 67.5. The van der Waals surface area contributed by atoms with Crippen molar-refractivity contribution in [3.8, 4) is 11.3 Å². The van der Waals surface area contributed by atoms with Crippen LogP contribution in [0.3, 0.4) is 0 Å². The number of hydrogen-bond acceptors (Lipinski definition) is 7. The van der Waals surface area contributed by atoms with E-state index in [4.69, 9.17) is 9.15 Å². The van der Waals surface area contributed by atoms with Gasteiger partial charge in [-0.25, -0.2) is 18.1 Å². The number of aromatic nitrogens is 2. The van der Waals surface area contributed by atoms with Crippen molar-refractivity contribution >= 4 is 21.9 Å². The van der Waals surface area contributed by atoms with Crippen molar-refractivity contribution in [3.63, 3.8) is 0 Å². The van der Waals surface area contributed by atoms with Crippen molar-refractivity contribution in [3.05, 3.63) is 59.7 Å². The van der Waals surface area contributed by atoms with Crippen LogP contribution in [-0.4, -0.2) is 46.8 Å². The van der Waals surface area contributed by atoms with Crippen molar-refractivity contribution < 1.29 is 35.9 Å². The number of Topliss-reactive ketones (excluding diaryl/α,β-unsaturated/α-hetero) is 1. The van der Waals surface area contributed by atoms with Gasteiger partial charge in [0.05, 0.1) is 12.1 Å². The van der Waals surface area contributed by atoms with E-state index in [0.717, 1.165) is 35.5 Å². The van der Waals surface area contributed by atoms with Crippen LogP contribution < -0.4 is 0 Å². The van der Waals surface area contributed by atoms with Crippen LogP contribution in [0.2, 0.25) is 0 Å². The standard InChI is InChI=1S/C22H23F2N3O6S/c1-13(28)16-8-9-17(32-16)34(30,31)27-12-14(11-26(5)21(29)33-22(2,3)4)18(23)19(27)15-7-6-10-25-20(15)24/h6-10,12H,11H2,1-5H3. The third kappa shape index (κ3) is 5.01. The first-order chi connectivity index (χ1) is 15.7.